The number of hydrogen-bond donors (Lipinski definition) is 0. The van der Waals surface area contributed by atoms with Gasteiger partial charge in [-0.3, -0.25) is 14.5 Å². The lowest BCUT2D eigenvalue weighted by atomic mass is 10.2. The number of Topliss-reactive ketones (excluding diaryl/α,β-unsaturated/α-hetero) is 1. The van der Waals surface area contributed by atoms with Gasteiger partial charge in [-0.05, 0) is 36.8 Å². The van der Waals surface area contributed by atoms with E-state index in [0.717, 1.165) is 5.56 Å². The van der Waals surface area contributed by atoms with Crippen LogP contribution in [0.5, 0.6) is 5.75 Å². The second-order valence-electron chi connectivity index (χ2n) is 6.16. The summed E-state index contributed by atoms with van der Waals surface area (Å²) < 4.78 is 10.7. The quantitative estimate of drug-likeness (QED) is 0.752. The first kappa shape index (κ1) is 17.2. The van der Waals surface area contributed by atoms with Crippen molar-refractivity contribution in [1.82, 2.24) is 9.80 Å². The molecule has 0 bridgehead atoms. The monoisotopic (exact) mass is 342 g/mol. The number of nitrogens with zero attached hydrogens (tertiary/aromatic N) is 2. The fourth-order valence-electron chi connectivity index (χ4n) is 2.82. The molecular weight excluding hydrogens is 320 g/mol. The van der Waals surface area contributed by atoms with Crippen LogP contribution in [-0.2, 0) is 4.79 Å². The lowest BCUT2D eigenvalue weighted by molar-refractivity contribution is -0.135. The van der Waals surface area contributed by atoms with Gasteiger partial charge in [0.1, 0.15) is 5.75 Å². The van der Waals surface area contributed by atoms with Crippen molar-refractivity contribution in [2.24, 2.45) is 0 Å². The molecule has 0 aliphatic carbocycles. The summed E-state index contributed by atoms with van der Waals surface area (Å²) in [5.41, 5.74) is 1.10. The van der Waals surface area contributed by atoms with Crippen molar-refractivity contribution < 1.29 is 18.7 Å². The molecule has 0 spiro atoms. The maximum absolute atomic E-state index is 12.3. The fraction of sp³-hybridized carbons (Fsp3) is 0.368. The topological polar surface area (TPSA) is 63.0 Å². The van der Waals surface area contributed by atoms with E-state index in [4.69, 9.17) is 9.15 Å². The number of benzene rings is 1. The van der Waals surface area contributed by atoms with Gasteiger partial charge in [-0.1, -0.05) is 12.1 Å². The first-order chi connectivity index (χ1) is 12.1. The Hall–Kier alpha value is -2.60. The van der Waals surface area contributed by atoms with Gasteiger partial charge in [0.2, 0.25) is 5.78 Å². The third-order valence-corrected chi connectivity index (χ3v) is 4.24. The number of piperazine rings is 1. The zero-order chi connectivity index (χ0) is 17.6. The maximum Gasteiger partial charge on any atom is 0.260 e. The Bertz CT molecular complexity index is 719. The Kier molecular flexibility index (Phi) is 5.50. The van der Waals surface area contributed by atoms with Crippen LogP contribution in [-0.4, -0.2) is 60.8 Å². The Balaban J connectivity index is 1.42. The van der Waals surface area contributed by atoms with Crippen LogP contribution in [0.1, 0.15) is 16.1 Å². The van der Waals surface area contributed by atoms with E-state index >= 15 is 0 Å². The van der Waals surface area contributed by atoms with Crippen LogP contribution in [0.15, 0.2) is 47.1 Å². The Morgan fingerprint density at radius 3 is 2.60 bits per heavy atom. The van der Waals surface area contributed by atoms with Gasteiger partial charge in [0.25, 0.3) is 5.91 Å². The number of ether oxygens (including phenoxy) is 1. The van der Waals surface area contributed by atoms with Crippen LogP contribution in [0.3, 0.4) is 0 Å². The van der Waals surface area contributed by atoms with Crippen LogP contribution < -0.4 is 4.74 Å². The highest BCUT2D eigenvalue weighted by molar-refractivity contribution is 5.95. The van der Waals surface area contributed by atoms with Crippen molar-refractivity contribution in [1.29, 1.82) is 0 Å². The first-order valence-corrected chi connectivity index (χ1v) is 8.38. The molecule has 1 amide bonds. The zero-order valence-electron chi connectivity index (χ0n) is 14.3. The zero-order valence-corrected chi connectivity index (χ0v) is 14.3. The molecule has 6 heteroatoms. The second kappa shape index (κ2) is 7.98. The summed E-state index contributed by atoms with van der Waals surface area (Å²) in [5.74, 6) is 1.02. The molecule has 1 aromatic carbocycles. The van der Waals surface area contributed by atoms with E-state index in [0.29, 0.717) is 44.2 Å². The summed E-state index contributed by atoms with van der Waals surface area (Å²) in [7, 11) is 0. The van der Waals surface area contributed by atoms with E-state index < -0.39 is 0 Å². The molecule has 0 N–H and O–H groups in total. The third kappa shape index (κ3) is 4.70. The molecule has 1 aromatic heterocycles. The average molecular weight is 342 g/mol. The van der Waals surface area contributed by atoms with E-state index in [1.54, 1.807) is 17.0 Å². The molecule has 2 heterocycles. The van der Waals surface area contributed by atoms with Crippen molar-refractivity contribution >= 4 is 11.7 Å². The molecule has 0 radical (unpaired) electrons. The standard InChI is InChI=1S/C19H22N2O4/c1-15-4-2-5-16(12-15)25-14-19(23)21-9-7-20(8-10-21)13-17(22)18-6-3-11-24-18/h2-6,11-12H,7-10,13-14H2,1H3. The van der Waals surface area contributed by atoms with Crippen LogP contribution >= 0.6 is 0 Å². The van der Waals surface area contributed by atoms with Crippen LogP contribution in [0.2, 0.25) is 0 Å². The largest absolute Gasteiger partial charge is 0.484 e. The molecule has 1 fully saturated rings. The highest BCUT2D eigenvalue weighted by atomic mass is 16.5. The molecule has 1 aliphatic heterocycles. The van der Waals surface area contributed by atoms with Gasteiger partial charge in [0, 0.05) is 26.2 Å². The van der Waals surface area contributed by atoms with E-state index in [1.807, 2.05) is 36.1 Å². The van der Waals surface area contributed by atoms with Crippen LogP contribution in [0.4, 0.5) is 0 Å². The van der Waals surface area contributed by atoms with Gasteiger partial charge < -0.3 is 14.1 Å². The summed E-state index contributed by atoms with van der Waals surface area (Å²) in [4.78, 5) is 28.1. The molecular formula is C19H22N2O4. The SMILES string of the molecule is Cc1cccc(OCC(=O)N2CCN(CC(=O)c3ccco3)CC2)c1. The van der Waals surface area contributed by atoms with Crippen molar-refractivity contribution in [3.63, 3.8) is 0 Å². The lowest BCUT2D eigenvalue weighted by Gasteiger charge is -2.34. The summed E-state index contributed by atoms with van der Waals surface area (Å²) in [6.07, 6.45) is 1.50. The van der Waals surface area contributed by atoms with Crippen molar-refractivity contribution in [2.45, 2.75) is 6.92 Å². The number of hydrogen-bond acceptors (Lipinski definition) is 5. The molecule has 6 nitrogen and oxygen atoms in total. The number of furan rings is 1. The van der Waals surface area contributed by atoms with Crippen LogP contribution in [0, 0.1) is 6.92 Å². The summed E-state index contributed by atoms with van der Waals surface area (Å²) in [5, 5.41) is 0. The number of ketones is 1. The Morgan fingerprint density at radius 1 is 1.12 bits per heavy atom. The highest BCUT2D eigenvalue weighted by Crippen LogP contribution is 2.13. The van der Waals surface area contributed by atoms with E-state index in [-0.39, 0.29) is 18.3 Å². The minimum absolute atomic E-state index is 0.0292. The van der Waals surface area contributed by atoms with Crippen molar-refractivity contribution in [3.05, 3.63) is 54.0 Å². The summed E-state index contributed by atoms with van der Waals surface area (Å²) >= 11 is 0. The second-order valence-corrected chi connectivity index (χ2v) is 6.16. The molecule has 0 unspecified atom stereocenters. The van der Waals surface area contributed by atoms with Crippen molar-refractivity contribution in [3.8, 4) is 5.75 Å². The number of amides is 1. The van der Waals surface area contributed by atoms with E-state index in [2.05, 4.69) is 0 Å². The normalized spacial score (nSPS) is 15.2. The smallest absolute Gasteiger partial charge is 0.260 e. The molecule has 25 heavy (non-hydrogen) atoms. The van der Waals surface area contributed by atoms with Gasteiger partial charge in [0.15, 0.2) is 12.4 Å². The maximum atomic E-state index is 12.3. The van der Waals surface area contributed by atoms with Gasteiger partial charge in [0.05, 0.1) is 12.8 Å². The predicted molar refractivity (Wildman–Crippen MR) is 92.7 cm³/mol. The number of aryl methyl sites for hydroxylation is 1. The minimum Gasteiger partial charge on any atom is -0.484 e. The minimum atomic E-state index is -0.0347. The average Bonchev–Trinajstić information content (AvgIpc) is 3.15. The van der Waals surface area contributed by atoms with Crippen molar-refractivity contribution in [2.75, 3.05) is 39.3 Å². The van der Waals surface area contributed by atoms with Gasteiger partial charge in [-0.2, -0.15) is 0 Å². The summed E-state index contributed by atoms with van der Waals surface area (Å²) in [6, 6.07) is 11.0. The van der Waals surface area contributed by atoms with E-state index in [9.17, 15) is 9.59 Å². The molecule has 1 aliphatic rings. The molecule has 2 aromatic rings. The molecule has 1 saturated heterocycles. The van der Waals surface area contributed by atoms with Gasteiger partial charge >= 0.3 is 0 Å². The Labute approximate surface area is 147 Å². The first-order valence-electron chi connectivity index (χ1n) is 8.38. The van der Waals surface area contributed by atoms with E-state index in [1.165, 1.54) is 6.26 Å². The highest BCUT2D eigenvalue weighted by Gasteiger charge is 2.23. The summed E-state index contributed by atoms with van der Waals surface area (Å²) in [6.45, 7) is 4.87. The number of carbonyl (C=O) groups is 2. The molecule has 3 rings (SSSR count). The number of carbonyl (C=O) groups excluding carboxylic acids is 2. The predicted octanol–water partition coefficient (Wildman–Crippen LogP) is 1.99. The molecule has 132 valence electrons. The fourth-order valence-corrected chi connectivity index (χ4v) is 2.82. The molecule has 0 atom stereocenters. The Morgan fingerprint density at radius 2 is 1.92 bits per heavy atom. The third-order valence-electron chi connectivity index (χ3n) is 4.24. The van der Waals surface area contributed by atoms with Gasteiger partial charge in [-0.15, -0.1) is 0 Å². The molecule has 0 saturated carbocycles. The van der Waals surface area contributed by atoms with Crippen LogP contribution in [0.25, 0.3) is 0 Å². The van der Waals surface area contributed by atoms with Gasteiger partial charge in [-0.25, -0.2) is 0 Å². The lowest BCUT2D eigenvalue weighted by Crippen LogP contribution is -2.51. The number of rotatable bonds is 6.